The van der Waals surface area contributed by atoms with E-state index >= 15 is 0 Å². The number of aliphatic hydroxyl groups is 1. The predicted octanol–water partition coefficient (Wildman–Crippen LogP) is 4.39. The molecule has 2 unspecified atom stereocenters. The lowest BCUT2D eigenvalue weighted by Gasteiger charge is -2.41. The van der Waals surface area contributed by atoms with Gasteiger partial charge in [-0.05, 0) is 19.3 Å². The van der Waals surface area contributed by atoms with Crippen LogP contribution >= 0.6 is 0 Å². The van der Waals surface area contributed by atoms with Crippen molar-refractivity contribution in [3.8, 4) is 0 Å². The Kier molecular flexibility index (Phi) is 6.51. The number of rotatable bonds is 5. The summed E-state index contributed by atoms with van der Waals surface area (Å²) in [5, 5.41) is 9.30. The number of esters is 1. The first-order valence-corrected chi connectivity index (χ1v) is 6.91. The molecule has 0 bridgehead atoms. The van der Waals surface area contributed by atoms with Crippen molar-refractivity contribution in [3.63, 3.8) is 0 Å². The minimum absolute atomic E-state index is 0.285. The van der Waals surface area contributed by atoms with Crippen molar-refractivity contribution in [1.29, 1.82) is 0 Å². The van der Waals surface area contributed by atoms with Gasteiger partial charge in [0.05, 0.1) is 0 Å². The molecule has 0 rings (SSSR count). The Morgan fingerprint density at radius 3 is 1.48 bits per heavy atom. The van der Waals surface area contributed by atoms with Crippen LogP contribution in [0.2, 0.25) is 0 Å². The first-order valence-electron chi connectivity index (χ1n) is 6.91. The van der Waals surface area contributed by atoms with E-state index in [0.717, 1.165) is 20.8 Å². The molecule has 0 saturated heterocycles. The van der Waals surface area contributed by atoms with Gasteiger partial charge < -0.3 is 9.84 Å². The van der Waals surface area contributed by atoms with E-state index in [1.54, 1.807) is 0 Å². The van der Waals surface area contributed by atoms with Gasteiger partial charge in [0, 0.05) is 0 Å². The lowest BCUT2D eigenvalue weighted by atomic mass is 9.84. The second-order valence-electron chi connectivity index (χ2n) is 6.02. The molecule has 2 atom stereocenters. The predicted molar refractivity (Wildman–Crippen MR) is 66.2 cm³/mol. The van der Waals surface area contributed by atoms with Crippen molar-refractivity contribution in [1.82, 2.24) is 0 Å². The Hall–Kier alpha value is -1.20. The summed E-state index contributed by atoms with van der Waals surface area (Å²) in [4.78, 5) is 11.8. The average Bonchev–Trinajstić information content (AvgIpc) is 2.38. The van der Waals surface area contributed by atoms with Crippen molar-refractivity contribution >= 4 is 5.97 Å². The summed E-state index contributed by atoms with van der Waals surface area (Å²) in [6.07, 6.45) is -22.3. The summed E-state index contributed by atoms with van der Waals surface area (Å²) < 4.78 is 120. The molecule has 150 valence electrons. The zero-order chi connectivity index (χ0) is 20.6. The number of alkyl halides is 9. The van der Waals surface area contributed by atoms with E-state index < -0.39 is 54.0 Å². The minimum atomic E-state index is -6.35. The van der Waals surface area contributed by atoms with Gasteiger partial charge >= 0.3 is 24.5 Å². The lowest BCUT2D eigenvalue weighted by Crippen LogP contribution is -2.67. The third-order valence-electron chi connectivity index (χ3n) is 3.90. The lowest BCUT2D eigenvalue weighted by molar-refractivity contribution is -0.396. The van der Waals surface area contributed by atoms with Crippen LogP contribution in [0.25, 0.3) is 0 Å². The molecule has 0 radical (unpaired) electrons. The molecule has 0 saturated carbocycles. The fourth-order valence-electron chi connectivity index (χ4n) is 1.89. The SMILES string of the molecule is CCC(C)(C(=O)OC(C(C)C)C(O)(C(F)(F)F)C(F)(F)F)C(F)(F)F. The van der Waals surface area contributed by atoms with Crippen molar-refractivity contribution < 1.29 is 54.2 Å². The monoisotopic (exact) mass is 392 g/mol. The highest BCUT2D eigenvalue weighted by Gasteiger charge is 2.76. The fraction of sp³-hybridized carbons (Fsp3) is 0.923. The molecule has 0 amide bonds. The molecule has 0 aliphatic heterocycles. The number of carbonyl (C=O) groups is 1. The standard InChI is InChI=1S/C13H17F9O3/c1-5-9(4,11(14,15)16)8(23)25-7(6(2)3)10(24,12(17,18)19)13(20,21)22/h6-7,24H,5H2,1-4H3. The highest BCUT2D eigenvalue weighted by molar-refractivity contribution is 5.77. The molecule has 25 heavy (non-hydrogen) atoms. The maximum atomic E-state index is 13.0. The van der Waals surface area contributed by atoms with Crippen LogP contribution in [0.1, 0.15) is 34.1 Å². The van der Waals surface area contributed by atoms with Gasteiger partial charge in [0.25, 0.3) is 5.60 Å². The van der Waals surface area contributed by atoms with Crippen LogP contribution in [0.4, 0.5) is 39.5 Å². The molecule has 0 aromatic carbocycles. The maximum absolute atomic E-state index is 13.0. The van der Waals surface area contributed by atoms with Crippen molar-refractivity contribution in [2.24, 2.45) is 11.3 Å². The van der Waals surface area contributed by atoms with E-state index in [1.807, 2.05) is 0 Å². The number of ether oxygens (including phenoxy) is 1. The molecular formula is C13H17F9O3. The van der Waals surface area contributed by atoms with Crippen molar-refractivity contribution in [3.05, 3.63) is 0 Å². The molecule has 0 aliphatic rings. The van der Waals surface area contributed by atoms with Gasteiger partial charge in [-0.1, -0.05) is 20.8 Å². The van der Waals surface area contributed by atoms with Crippen molar-refractivity contribution in [2.45, 2.75) is 64.3 Å². The van der Waals surface area contributed by atoms with Gasteiger partial charge in [0.15, 0.2) is 11.5 Å². The Morgan fingerprint density at radius 1 is 0.920 bits per heavy atom. The summed E-state index contributed by atoms with van der Waals surface area (Å²) in [5.74, 6) is -4.14. The zero-order valence-corrected chi connectivity index (χ0v) is 13.5. The molecule has 1 N–H and O–H groups in total. The van der Waals surface area contributed by atoms with Gasteiger partial charge in [-0.15, -0.1) is 0 Å². The van der Waals surface area contributed by atoms with Gasteiger partial charge in [0.2, 0.25) is 0 Å². The van der Waals surface area contributed by atoms with Crippen LogP contribution in [-0.4, -0.2) is 41.3 Å². The van der Waals surface area contributed by atoms with E-state index in [1.165, 1.54) is 0 Å². The first kappa shape index (κ1) is 23.8. The zero-order valence-electron chi connectivity index (χ0n) is 13.5. The largest absolute Gasteiger partial charge is 0.458 e. The number of hydrogen-bond donors (Lipinski definition) is 1. The fourth-order valence-corrected chi connectivity index (χ4v) is 1.89. The van der Waals surface area contributed by atoms with Gasteiger partial charge in [-0.25, -0.2) is 0 Å². The molecular weight excluding hydrogens is 375 g/mol. The molecule has 0 fully saturated rings. The number of halogens is 9. The Morgan fingerprint density at radius 2 is 1.28 bits per heavy atom. The van der Waals surface area contributed by atoms with E-state index in [9.17, 15) is 49.4 Å². The van der Waals surface area contributed by atoms with Crippen molar-refractivity contribution in [2.75, 3.05) is 0 Å². The van der Waals surface area contributed by atoms with Crippen LogP contribution in [0.15, 0.2) is 0 Å². The molecule has 0 heterocycles. The van der Waals surface area contributed by atoms with Gasteiger partial charge in [0.1, 0.15) is 0 Å². The third kappa shape index (κ3) is 4.14. The van der Waals surface area contributed by atoms with Crippen LogP contribution < -0.4 is 0 Å². The topological polar surface area (TPSA) is 46.5 Å². The van der Waals surface area contributed by atoms with Crippen LogP contribution in [0.3, 0.4) is 0 Å². The summed E-state index contributed by atoms with van der Waals surface area (Å²) in [5.41, 5.74) is -8.86. The van der Waals surface area contributed by atoms with E-state index in [0.29, 0.717) is 0 Å². The minimum Gasteiger partial charge on any atom is -0.458 e. The molecule has 0 aromatic heterocycles. The van der Waals surface area contributed by atoms with E-state index in [2.05, 4.69) is 4.74 Å². The Bertz CT molecular complexity index is 465. The molecule has 0 aliphatic carbocycles. The second kappa shape index (κ2) is 6.84. The van der Waals surface area contributed by atoms with Crippen LogP contribution in [0.5, 0.6) is 0 Å². The highest BCUT2D eigenvalue weighted by atomic mass is 19.4. The highest BCUT2D eigenvalue weighted by Crippen LogP contribution is 2.49. The summed E-state index contributed by atoms with van der Waals surface area (Å²) in [6, 6.07) is 0. The second-order valence-corrected chi connectivity index (χ2v) is 6.02. The first-order chi connectivity index (χ1) is 10.8. The number of hydrogen-bond acceptors (Lipinski definition) is 3. The Balaban J connectivity index is 6.15. The normalized spacial score (nSPS) is 18.0. The summed E-state index contributed by atoms with van der Waals surface area (Å²) >= 11 is 0. The summed E-state index contributed by atoms with van der Waals surface area (Å²) in [6.45, 7) is 2.61. The van der Waals surface area contributed by atoms with Crippen LogP contribution in [0, 0.1) is 11.3 Å². The van der Waals surface area contributed by atoms with Gasteiger partial charge in [-0.3, -0.25) is 4.79 Å². The Labute approximate surface area is 137 Å². The quantitative estimate of drug-likeness (QED) is 0.558. The smallest absolute Gasteiger partial charge is 0.430 e. The van der Waals surface area contributed by atoms with E-state index in [-0.39, 0.29) is 6.92 Å². The molecule has 12 heteroatoms. The van der Waals surface area contributed by atoms with Gasteiger partial charge in [-0.2, -0.15) is 39.5 Å². The third-order valence-corrected chi connectivity index (χ3v) is 3.90. The van der Waals surface area contributed by atoms with Crippen LogP contribution in [-0.2, 0) is 9.53 Å². The maximum Gasteiger partial charge on any atom is 0.430 e. The molecule has 0 spiro atoms. The molecule has 3 nitrogen and oxygen atoms in total. The average molecular weight is 392 g/mol. The number of carbonyl (C=O) groups excluding carboxylic acids is 1. The summed E-state index contributed by atoms with van der Waals surface area (Å²) in [7, 11) is 0. The van der Waals surface area contributed by atoms with E-state index in [4.69, 9.17) is 0 Å². The molecule has 0 aromatic rings.